The molecule has 0 unspecified atom stereocenters. The van der Waals surface area contributed by atoms with Crippen LogP contribution in [-0.4, -0.2) is 19.2 Å². The van der Waals surface area contributed by atoms with E-state index < -0.39 is 0 Å². The molecule has 3 N–H and O–H groups in total. The van der Waals surface area contributed by atoms with Crippen molar-refractivity contribution in [1.29, 1.82) is 0 Å². The second-order valence-electron chi connectivity index (χ2n) is 10.6. The maximum atomic E-state index is 11.7. The van der Waals surface area contributed by atoms with Gasteiger partial charge in [0.15, 0.2) is 0 Å². The van der Waals surface area contributed by atoms with Gasteiger partial charge in [0, 0.05) is 6.54 Å². The molecule has 0 radical (unpaired) electrons. The molecule has 0 heterocycles. The fourth-order valence-corrected chi connectivity index (χ4v) is 5.38. The van der Waals surface area contributed by atoms with Crippen LogP contribution in [0.4, 0.5) is 4.79 Å². The van der Waals surface area contributed by atoms with Gasteiger partial charge in [0.05, 0.1) is 0 Å². The summed E-state index contributed by atoms with van der Waals surface area (Å²) < 4.78 is 5.22. The minimum Gasteiger partial charge on any atom is -0.445 e. The summed E-state index contributed by atoms with van der Waals surface area (Å²) in [6, 6.07) is 9.78. The summed E-state index contributed by atoms with van der Waals surface area (Å²) in [6.07, 6.45) is 16.7. The first-order valence-electron chi connectivity index (χ1n) is 12.3. The van der Waals surface area contributed by atoms with Crippen LogP contribution < -0.4 is 11.1 Å². The molecule has 2 spiro atoms. The molecule has 1 amide bonds. The summed E-state index contributed by atoms with van der Waals surface area (Å²) in [4.78, 5) is 11.7. The standard InChI is InChI=1S/C17H23NO2.C9H17N.ClH/c19-16(20-13-15-4-2-1-3-5-15)18-12-14-6-8-17(9-7-14)10-11-17;10-7-8-1-3-9(4-2-8)5-6-9;/h1-5,14H,6-13H2,(H,18,19);8H,1-7,10H2;1H. The lowest BCUT2D eigenvalue weighted by Gasteiger charge is -2.28. The van der Waals surface area contributed by atoms with Gasteiger partial charge in [-0.2, -0.15) is 0 Å². The van der Waals surface area contributed by atoms with Gasteiger partial charge >= 0.3 is 6.09 Å². The Kier molecular flexibility index (Phi) is 8.69. The van der Waals surface area contributed by atoms with E-state index >= 15 is 0 Å². The zero-order valence-electron chi connectivity index (χ0n) is 19.0. The quantitative estimate of drug-likeness (QED) is 0.561. The number of hydrogen-bond donors (Lipinski definition) is 2. The SMILES string of the molecule is Cl.NCC1CCC2(CC1)CC2.O=C(NCC1CCC2(CC1)CC2)OCc1ccccc1. The number of alkyl carbamates (subject to hydrolysis) is 1. The monoisotopic (exact) mass is 448 g/mol. The van der Waals surface area contributed by atoms with Gasteiger partial charge in [-0.15, -0.1) is 12.4 Å². The molecule has 5 heteroatoms. The number of carbonyl (C=O) groups is 1. The molecule has 0 aliphatic heterocycles. The van der Waals surface area contributed by atoms with E-state index in [2.05, 4.69) is 5.32 Å². The van der Waals surface area contributed by atoms with E-state index in [0.29, 0.717) is 12.5 Å². The predicted octanol–water partition coefficient (Wildman–Crippen LogP) is 6.22. The molecule has 4 aliphatic carbocycles. The van der Waals surface area contributed by atoms with Crippen molar-refractivity contribution in [3.8, 4) is 0 Å². The summed E-state index contributed by atoms with van der Waals surface area (Å²) in [7, 11) is 0. The molecule has 0 aromatic heterocycles. The average molecular weight is 449 g/mol. The van der Waals surface area contributed by atoms with Gasteiger partial charge < -0.3 is 15.8 Å². The third kappa shape index (κ3) is 7.39. The van der Waals surface area contributed by atoms with E-state index in [4.69, 9.17) is 10.5 Å². The zero-order valence-corrected chi connectivity index (χ0v) is 19.8. The fraction of sp³-hybridized carbons (Fsp3) is 0.731. The van der Waals surface area contributed by atoms with Crippen molar-refractivity contribution in [2.45, 2.75) is 83.7 Å². The third-order valence-corrected chi connectivity index (χ3v) is 8.33. The Morgan fingerprint density at radius 2 is 1.39 bits per heavy atom. The number of nitrogens with one attached hydrogen (secondary N) is 1. The molecule has 1 aromatic carbocycles. The van der Waals surface area contributed by atoms with Gasteiger partial charge in [-0.25, -0.2) is 4.79 Å². The van der Waals surface area contributed by atoms with Crippen LogP contribution in [0.2, 0.25) is 0 Å². The molecule has 4 nitrogen and oxygen atoms in total. The Morgan fingerprint density at radius 3 is 1.87 bits per heavy atom. The first-order chi connectivity index (χ1) is 14.6. The van der Waals surface area contributed by atoms with Crippen LogP contribution >= 0.6 is 12.4 Å². The highest BCUT2D eigenvalue weighted by Gasteiger charge is 2.45. The molecule has 0 saturated heterocycles. The number of benzene rings is 1. The highest BCUT2D eigenvalue weighted by molar-refractivity contribution is 5.85. The molecule has 4 saturated carbocycles. The van der Waals surface area contributed by atoms with Gasteiger partial charge in [-0.1, -0.05) is 30.3 Å². The van der Waals surface area contributed by atoms with Crippen molar-refractivity contribution in [2.24, 2.45) is 28.4 Å². The second-order valence-corrected chi connectivity index (χ2v) is 10.6. The van der Waals surface area contributed by atoms with E-state index in [9.17, 15) is 4.79 Å². The van der Waals surface area contributed by atoms with Gasteiger partial charge in [0.2, 0.25) is 0 Å². The van der Waals surface area contributed by atoms with E-state index in [1.54, 1.807) is 0 Å². The summed E-state index contributed by atoms with van der Waals surface area (Å²) in [6.45, 7) is 2.04. The van der Waals surface area contributed by atoms with E-state index in [1.165, 1.54) is 77.0 Å². The van der Waals surface area contributed by atoms with Crippen LogP contribution in [-0.2, 0) is 11.3 Å². The number of rotatable bonds is 5. The van der Waals surface area contributed by atoms with Gasteiger partial charge in [-0.05, 0) is 112 Å². The Balaban J connectivity index is 0.000000208. The molecule has 1 aromatic rings. The molecule has 5 rings (SSSR count). The Hall–Kier alpha value is -1.26. The maximum Gasteiger partial charge on any atom is 0.407 e. The Labute approximate surface area is 194 Å². The lowest BCUT2D eigenvalue weighted by atomic mass is 9.80. The van der Waals surface area contributed by atoms with E-state index in [-0.39, 0.29) is 18.5 Å². The average Bonchev–Trinajstić information content (AvgIpc) is 3.73. The van der Waals surface area contributed by atoms with Crippen molar-refractivity contribution < 1.29 is 9.53 Å². The highest BCUT2D eigenvalue weighted by Crippen LogP contribution is 2.57. The first-order valence-corrected chi connectivity index (χ1v) is 12.3. The first kappa shape index (κ1) is 24.4. The van der Waals surface area contributed by atoms with Crippen LogP contribution in [0.15, 0.2) is 30.3 Å². The summed E-state index contributed by atoms with van der Waals surface area (Å²) in [5, 5.41) is 2.91. The minimum absolute atomic E-state index is 0. The van der Waals surface area contributed by atoms with Crippen LogP contribution in [0.25, 0.3) is 0 Å². The predicted molar refractivity (Wildman–Crippen MR) is 128 cm³/mol. The van der Waals surface area contributed by atoms with Crippen molar-refractivity contribution in [1.82, 2.24) is 5.32 Å². The smallest absolute Gasteiger partial charge is 0.407 e. The van der Waals surface area contributed by atoms with E-state index in [0.717, 1.165) is 35.4 Å². The van der Waals surface area contributed by atoms with Crippen molar-refractivity contribution in [3.05, 3.63) is 35.9 Å². The largest absolute Gasteiger partial charge is 0.445 e. The molecule has 4 fully saturated rings. The number of ether oxygens (including phenoxy) is 1. The van der Waals surface area contributed by atoms with Crippen LogP contribution in [0.1, 0.15) is 82.6 Å². The number of amides is 1. The molecule has 4 aliphatic rings. The van der Waals surface area contributed by atoms with Gasteiger partial charge in [0.1, 0.15) is 6.61 Å². The minimum atomic E-state index is -0.291. The number of carbonyl (C=O) groups excluding carboxylic acids is 1. The van der Waals surface area contributed by atoms with Crippen molar-refractivity contribution >= 4 is 18.5 Å². The van der Waals surface area contributed by atoms with Crippen molar-refractivity contribution in [2.75, 3.05) is 13.1 Å². The number of halogens is 1. The topological polar surface area (TPSA) is 64.4 Å². The molecular formula is C26H41ClN2O2. The normalized spacial score (nSPS) is 25.0. The fourth-order valence-electron chi connectivity index (χ4n) is 5.38. The van der Waals surface area contributed by atoms with Crippen LogP contribution in [0, 0.1) is 22.7 Å². The molecule has 0 atom stereocenters. The lowest BCUT2D eigenvalue weighted by molar-refractivity contribution is 0.135. The van der Waals surface area contributed by atoms with Crippen LogP contribution in [0.5, 0.6) is 0 Å². The number of hydrogen-bond acceptors (Lipinski definition) is 3. The van der Waals surface area contributed by atoms with E-state index in [1.807, 2.05) is 30.3 Å². The highest BCUT2D eigenvalue weighted by atomic mass is 35.5. The summed E-state index contributed by atoms with van der Waals surface area (Å²) in [5.41, 5.74) is 8.22. The molecule has 0 bridgehead atoms. The van der Waals surface area contributed by atoms with Crippen molar-refractivity contribution in [3.63, 3.8) is 0 Å². The molecular weight excluding hydrogens is 408 g/mol. The Bertz CT molecular complexity index is 668. The lowest BCUT2D eigenvalue weighted by Crippen LogP contribution is -2.31. The second kappa shape index (κ2) is 11.0. The zero-order chi connectivity index (χ0) is 20.9. The number of nitrogens with two attached hydrogens (primary N) is 1. The summed E-state index contributed by atoms with van der Waals surface area (Å²) >= 11 is 0. The third-order valence-electron chi connectivity index (χ3n) is 8.33. The Morgan fingerprint density at radius 1 is 0.871 bits per heavy atom. The maximum absolute atomic E-state index is 11.7. The van der Waals surface area contributed by atoms with Crippen LogP contribution in [0.3, 0.4) is 0 Å². The van der Waals surface area contributed by atoms with Gasteiger partial charge in [-0.3, -0.25) is 0 Å². The van der Waals surface area contributed by atoms with Gasteiger partial charge in [0.25, 0.3) is 0 Å². The summed E-state index contributed by atoms with van der Waals surface area (Å²) in [5.74, 6) is 1.51. The molecule has 174 valence electrons. The molecule has 31 heavy (non-hydrogen) atoms.